The summed E-state index contributed by atoms with van der Waals surface area (Å²) in [6.45, 7) is 4.86. The second-order valence-corrected chi connectivity index (χ2v) is 4.16. The number of halogens is 1. The molecular formula is C14H18FNO2. The molecular weight excluding hydrogens is 233 g/mol. The Bertz CT molecular complexity index is 426. The number of benzene rings is 1. The minimum atomic E-state index is -0.345. The number of allylic oxidation sites excluding steroid dienone is 1. The van der Waals surface area contributed by atoms with Crippen molar-refractivity contribution in [1.82, 2.24) is 5.32 Å². The molecule has 0 bridgehead atoms. The second kappa shape index (κ2) is 7.61. The van der Waals surface area contributed by atoms with Crippen molar-refractivity contribution in [3.8, 4) is 0 Å². The highest BCUT2D eigenvalue weighted by Crippen LogP contribution is 2.04. The van der Waals surface area contributed by atoms with Crippen LogP contribution in [0, 0.1) is 5.82 Å². The molecule has 0 saturated carbocycles. The van der Waals surface area contributed by atoms with Gasteiger partial charge in [0.15, 0.2) is 0 Å². The highest BCUT2D eigenvalue weighted by molar-refractivity contribution is 5.82. The SMILES string of the molecule is CC(C)=CC(=O)OCCNCc1ccccc1F. The Morgan fingerprint density at radius 2 is 2.11 bits per heavy atom. The average Bonchev–Trinajstić information content (AvgIpc) is 2.30. The molecule has 3 nitrogen and oxygen atoms in total. The molecule has 0 atom stereocenters. The summed E-state index contributed by atoms with van der Waals surface area (Å²) in [5.41, 5.74) is 1.51. The lowest BCUT2D eigenvalue weighted by atomic mass is 10.2. The van der Waals surface area contributed by atoms with Crippen molar-refractivity contribution in [1.29, 1.82) is 0 Å². The van der Waals surface area contributed by atoms with E-state index in [1.54, 1.807) is 18.2 Å². The molecule has 0 unspecified atom stereocenters. The molecule has 0 saturated heterocycles. The van der Waals surface area contributed by atoms with Crippen molar-refractivity contribution in [3.63, 3.8) is 0 Å². The Morgan fingerprint density at radius 3 is 2.78 bits per heavy atom. The van der Waals surface area contributed by atoms with Gasteiger partial charge >= 0.3 is 5.97 Å². The number of ether oxygens (including phenoxy) is 1. The Labute approximate surface area is 107 Å². The summed E-state index contributed by atoms with van der Waals surface area (Å²) in [7, 11) is 0. The monoisotopic (exact) mass is 251 g/mol. The fraction of sp³-hybridized carbons (Fsp3) is 0.357. The van der Waals surface area contributed by atoms with E-state index in [9.17, 15) is 9.18 Å². The van der Waals surface area contributed by atoms with Crippen LogP contribution in [0.5, 0.6) is 0 Å². The van der Waals surface area contributed by atoms with Gasteiger partial charge in [-0.1, -0.05) is 23.8 Å². The smallest absolute Gasteiger partial charge is 0.330 e. The molecule has 98 valence electrons. The molecule has 0 amide bonds. The van der Waals surface area contributed by atoms with E-state index in [4.69, 9.17) is 4.74 Å². The molecule has 0 aliphatic carbocycles. The Kier molecular flexibility index (Phi) is 6.08. The standard InChI is InChI=1S/C14H18FNO2/c1-11(2)9-14(17)18-8-7-16-10-12-5-3-4-6-13(12)15/h3-6,9,16H,7-8,10H2,1-2H3. The van der Waals surface area contributed by atoms with Crippen LogP contribution in [0.15, 0.2) is 35.9 Å². The van der Waals surface area contributed by atoms with E-state index in [1.807, 2.05) is 13.8 Å². The summed E-state index contributed by atoms with van der Waals surface area (Å²) in [4.78, 5) is 11.2. The first kappa shape index (κ1) is 14.4. The van der Waals surface area contributed by atoms with Gasteiger partial charge in [-0.15, -0.1) is 0 Å². The van der Waals surface area contributed by atoms with Gasteiger partial charge in [-0.05, 0) is 19.9 Å². The van der Waals surface area contributed by atoms with Gasteiger partial charge in [0.25, 0.3) is 0 Å². The molecule has 1 aromatic rings. The first-order chi connectivity index (χ1) is 8.59. The van der Waals surface area contributed by atoms with Gasteiger partial charge in [0.2, 0.25) is 0 Å². The molecule has 0 aliphatic heterocycles. The molecule has 0 aromatic heterocycles. The Hall–Kier alpha value is -1.68. The molecule has 0 heterocycles. The number of hydrogen-bond acceptors (Lipinski definition) is 3. The first-order valence-electron chi connectivity index (χ1n) is 5.85. The highest BCUT2D eigenvalue weighted by atomic mass is 19.1. The van der Waals surface area contributed by atoms with Gasteiger partial charge < -0.3 is 10.1 Å². The molecule has 18 heavy (non-hydrogen) atoms. The number of rotatable bonds is 6. The van der Waals surface area contributed by atoms with E-state index in [0.29, 0.717) is 18.7 Å². The van der Waals surface area contributed by atoms with Crippen LogP contribution in [0.25, 0.3) is 0 Å². The first-order valence-corrected chi connectivity index (χ1v) is 5.85. The molecule has 0 fully saturated rings. The number of hydrogen-bond donors (Lipinski definition) is 1. The van der Waals surface area contributed by atoms with Gasteiger partial charge in [-0.25, -0.2) is 9.18 Å². The molecule has 0 radical (unpaired) electrons. The summed E-state index contributed by atoms with van der Waals surface area (Å²) in [5.74, 6) is -0.575. The lowest BCUT2D eigenvalue weighted by Gasteiger charge is -2.06. The second-order valence-electron chi connectivity index (χ2n) is 4.16. The number of esters is 1. The zero-order chi connectivity index (χ0) is 13.4. The molecule has 4 heteroatoms. The van der Waals surface area contributed by atoms with Crippen molar-refractivity contribution in [2.75, 3.05) is 13.2 Å². The van der Waals surface area contributed by atoms with E-state index >= 15 is 0 Å². The highest BCUT2D eigenvalue weighted by Gasteiger charge is 2.00. The van der Waals surface area contributed by atoms with Crippen LogP contribution in [-0.2, 0) is 16.1 Å². The van der Waals surface area contributed by atoms with Crippen LogP contribution in [0.1, 0.15) is 19.4 Å². The zero-order valence-electron chi connectivity index (χ0n) is 10.7. The predicted octanol–water partition coefficient (Wildman–Crippen LogP) is 2.42. The van der Waals surface area contributed by atoms with Crippen LogP contribution in [0.4, 0.5) is 4.39 Å². The largest absolute Gasteiger partial charge is 0.461 e. The summed E-state index contributed by atoms with van der Waals surface area (Å²) >= 11 is 0. The quantitative estimate of drug-likeness (QED) is 0.479. The van der Waals surface area contributed by atoms with Crippen LogP contribution >= 0.6 is 0 Å². The van der Waals surface area contributed by atoms with E-state index in [1.165, 1.54) is 12.1 Å². The van der Waals surface area contributed by atoms with Crippen molar-refractivity contribution in [3.05, 3.63) is 47.3 Å². The predicted molar refractivity (Wildman–Crippen MR) is 68.5 cm³/mol. The van der Waals surface area contributed by atoms with Crippen LogP contribution in [0.2, 0.25) is 0 Å². The maximum atomic E-state index is 13.2. The molecule has 0 aliphatic rings. The lowest BCUT2D eigenvalue weighted by Crippen LogP contribution is -2.21. The molecule has 1 N–H and O–H groups in total. The minimum Gasteiger partial charge on any atom is -0.461 e. The van der Waals surface area contributed by atoms with E-state index < -0.39 is 0 Å². The van der Waals surface area contributed by atoms with Crippen molar-refractivity contribution in [2.24, 2.45) is 0 Å². The maximum Gasteiger partial charge on any atom is 0.330 e. The summed E-state index contributed by atoms with van der Waals surface area (Å²) < 4.78 is 18.2. The van der Waals surface area contributed by atoms with Gasteiger partial charge in [0, 0.05) is 24.7 Å². The van der Waals surface area contributed by atoms with Crippen LogP contribution in [-0.4, -0.2) is 19.1 Å². The average molecular weight is 251 g/mol. The van der Waals surface area contributed by atoms with E-state index in [0.717, 1.165) is 5.57 Å². The third kappa shape index (κ3) is 5.59. The van der Waals surface area contributed by atoms with Crippen molar-refractivity contribution in [2.45, 2.75) is 20.4 Å². The van der Waals surface area contributed by atoms with E-state index in [2.05, 4.69) is 5.32 Å². The van der Waals surface area contributed by atoms with Gasteiger partial charge in [0.05, 0.1) is 0 Å². The molecule has 1 rings (SSSR count). The fourth-order valence-electron chi connectivity index (χ4n) is 1.37. The number of carbonyl (C=O) groups excluding carboxylic acids is 1. The third-order valence-corrected chi connectivity index (χ3v) is 2.20. The van der Waals surface area contributed by atoms with Gasteiger partial charge in [-0.3, -0.25) is 0 Å². The maximum absolute atomic E-state index is 13.2. The molecule has 0 spiro atoms. The van der Waals surface area contributed by atoms with Crippen molar-refractivity contribution < 1.29 is 13.9 Å². The van der Waals surface area contributed by atoms with Gasteiger partial charge in [0.1, 0.15) is 12.4 Å². The minimum absolute atomic E-state index is 0.230. The van der Waals surface area contributed by atoms with Gasteiger partial charge in [-0.2, -0.15) is 0 Å². The lowest BCUT2D eigenvalue weighted by molar-refractivity contribution is -0.137. The summed E-state index contributed by atoms with van der Waals surface area (Å²) in [5, 5.41) is 3.01. The summed E-state index contributed by atoms with van der Waals surface area (Å²) in [6.07, 6.45) is 1.44. The Balaban J connectivity index is 2.18. The summed E-state index contributed by atoms with van der Waals surface area (Å²) in [6, 6.07) is 6.58. The number of carbonyl (C=O) groups is 1. The topological polar surface area (TPSA) is 38.3 Å². The Morgan fingerprint density at radius 1 is 1.39 bits per heavy atom. The van der Waals surface area contributed by atoms with Crippen molar-refractivity contribution >= 4 is 5.97 Å². The normalized spacial score (nSPS) is 9.94. The van der Waals surface area contributed by atoms with Crippen LogP contribution < -0.4 is 5.32 Å². The zero-order valence-corrected chi connectivity index (χ0v) is 10.7. The number of nitrogens with one attached hydrogen (secondary N) is 1. The van der Waals surface area contributed by atoms with E-state index in [-0.39, 0.29) is 18.4 Å². The fourth-order valence-corrected chi connectivity index (χ4v) is 1.37. The third-order valence-electron chi connectivity index (χ3n) is 2.20. The molecule has 1 aromatic carbocycles. The van der Waals surface area contributed by atoms with Crippen LogP contribution in [0.3, 0.4) is 0 Å².